The number of hydrogen-bond acceptors (Lipinski definition) is 4. The van der Waals surface area contributed by atoms with Crippen molar-refractivity contribution in [1.29, 1.82) is 0 Å². The summed E-state index contributed by atoms with van der Waals surface area (Å²) < 4.78 is 27.9. The van der Waals surface area contributed by atoms with Crippen LogP contribution in [0.15, 0.2) is 47.4 Å². The molecule has 2 aromatic rings. The summed E-state index contributed by atoms with van der Waals surface area (Å²) in [5.41, 5.74) is 3.58. The van der Waals surface area contributed by atoms with Gasteiger partial charge in [0.25, 0.3) is 0 Å². The molecule has 0 saturated carbocycles. The topological polar surface area (TPSA) is 95.6 Å². The van der Waals surface area contributed by atoms with Crippen LogP contribution < -0.4 is 10.0 Å². The Hall–Kier alpha value is -2.71. The van der Waals surface area contributed by atoms with Crippen LogP contribution in [-0.4, -0.2) is 37.7 Å². The minimum Gasteiger partial charge on any atom is -0.337 e. The predicted molar refractivity (Wildman–Crippen MR) is 104 cm³/mol. The smallest absolute Gasteiger partial charge is 0.241 e. The predicted octanol–water partition coefficient (Wildman–Crippen LogP) is 1.43. The maximum atomic E-state index is 12.8. The number of carbonyl (C=O) groups excluding carboxylic acids is 2. The van der Waals surface area contributed by atoms with Crippen LogP contribution >= 0.6 is 0 Å². The number of benzene rings is 2. The van der Waals surface area contributed by atoms with E-state index >= 15 is 0 Å². The molecule has 2 aliphatic heterocycles. The second-order valence-electron chi connectivity index (χ2n) is 7.17. The average molecular weight is 399 g/mol. The summed E-state index contributed by atoms with van der Waals surface area (Å²) in [6.45, 7) is 2.60. The SMILES string of the molecule is C[C@@H](NS(=O)(=O)c1ccc2c(c1)CC(=O)N2)C(=O)N1CCc2ccccc2C1. The molecule has 7 nitrogen and oxygen atoms in total. The molecule has 2 N–H and O–H groups in total. The molecule has 0 fully saturated rings. The van der Waals surface area contributed by atoms with Crippen molar-refractivity contribution >= 4 is 27.5 Å². The van der Waals surface area contributed by atoms with Gasteiger partial charge in [-0.25, -0.2) is 8.42 Å². The van der Waals surface area contributed by atoms with Crippen molar-refractivity contribution in [2.24, 2.45) is 0 Å². The van der Waals surface area contributed by atoms with Crippen LogP contribution in [-0.2, 0) is 39.0 Å². The van der Waals surface area contributed by atoms with Crippen molar-refractivity contribution in [2.75, 3.05) is 11.9 Å². The van der Waals surface area contributed by atoms with Gasteiger partial charge in [0.15, 0.2) is 0 Å². The molecule has 0 unspecified atom stereocenters. The number of hydrogen-bond donors (Lipinski definition) is 2. The van der Waals surface area contributed by atoms with E-state index in [1.54, 1.807) is 17.9 Å². The van der Waals surface area contributed by atoms with Gasteiger partial charge in [-0.15, -0.1) is 0 Å². The van der Waals surface area contributed by atoms with Gasteiger partial charge in [-0.05, 0) is 48.2 Å². The third kappa shape index (κ3) is 3.53. The lowest BCUT2D eigenvalue weighted by Crippen LogP contribution is -2.48. The Morgan fingerprint density at radius 1 is 1.14 bits per heavy atom. The number of nitrogens with one attached hydrogen (secondary N) is 2. The van der Waals surface area contributed by atoms with Gasteiger partial charge in [-0.1, -0.05) is 24.3 Å². The van der Waals surface area contributed by atoms with Gasteiger partial charge in [0.05, 0.1) is 17.4 Å². The van der Waals surface area contributed by atoms with Gasteiger partial charge in [0.1, 0.15) is 0 Å². The van der Waals surface area contributed by atoms with Gasteiger partial charge in [-0.3, -0.25) is 9.59 Å². The molecule has 1 atom stereocenters. The molecule has 28 heavy (non-hydrogen) atoms. The fourth-order valence-corrected chi connectivity index (χ4v) is 4.93. The largest absolute Gasteiger partial charge is 0.337 e. The van der Waals surface area contributed by atoms with Gasteiger partial charge in [0.2, 0.25) is 21.8 Å². The summed E-state index contributed by atoms with van der Waals surface area (Å²) >= 11 is 0. The number of amides is 2. The molecule has 0 saturated heterocycles. The highest BCUT2D eigenvalue weighted by molar-refractivity contribution is 7.89. The Kier molecular flexibility index (Phi) is 4.68. The number of anilines is 1. The molecular weight excluding hydrogens is 378 g/mol. The molecule has 0 aromatic heterocycles. The van der Waals surface area contributed by atoms with E-state index < -0.39 is 16.1 Å². The normalized spacial score (nSPS) is 16.9. The minimum atomic E-state index is -3.88. The zero-order chi connectivity index (χ0) is 19.9. The van der Waals surface area contributed by atoms with Crippen molar-refractivity contribution in [3.05, 3.63) is 59.2 Å². The minimum absolute atomic E-state index is 0.0476. The molecule has 8 heteroatoms. The van der Waals surface area contributed by atoms with Gasteiger partial charge >= 0.3 is 0 Å². The first-order chi connectivity index (χ1) is 13.3. The van der Waals surface area contributed by atoms with Crippen LogP contribution in [0.3, 0.4) is 0 Å². The summed E-state index contributed by atoms with van der Waals surface area (Å²) in [5, 5.41) is 2.67. The average Bonchev–Trinajstić information content (AvgIpc) is 3.05. The second-order valence-corrected chi connectivity index (χ2v) is 8.88. The van der Waals surface area contributed by atoms with Crippen LogP contribution in [0.1, 0.15) is 23.6 Å². The van der Waals surface area contributed by atoms with E-state index in [-0.39, 0.29) is 23.1 Å². The maximum Gasteiger partial charge on any atom is 0.241 e. The highest BCUT2D eigenvalue weighted by Crippen LogP contribution is 2.26. The van der Waals surface area contributed by atoms with E-state index in [4.69, 9.17) is 0 Å². The number of nitrogens with zero attached hydrogens (tertiary/aromatic N) is 1. The Morgan fingerprint density at radius 2 is 1.89 bits per heavy atom. The quantitative estimate of drug-likeness (QED) is 0.813. The fourth-order valence-electron chi connectivity index (χ4n) is 3.68. The summed E-state index contributed by atoms with van der Waals surface area (Å²) in [4.78, 5) is 26.0. The lowest BCUT2D eigenvalue weighted by molar-refractivity contribution is -0.133. The molecule has 0 radical (unpaired) electrons. The van der Waals surface area contributed by atoms with E-state index in [0.29, 0.717) is 24.3 Å². The van der Waals surface area contributed by atoms with E-state index in [1.807, 2.05) is 18.2 Å². The zero-order valence-corrected chi connectivity index (χ0v) is 16.3. The Labute approximate surface area is 163 Å². The Balaban J connectivity index is 1.47. The van der Waals surface area contributed by atoms with Crippen LogP contribution in [0.2, 0.25) is 0 Å². The number of sulfonamides is 1. The van der Waals surface area contributed by atoms with E-state index in [9.17, 15) is 18.0 Å². The maximum absolute atomic E-state index is 12.8. The molecule has 2 aromatic carbocycles. The summed E-state index contributed by atoms with van der Waals surface area (Å²) in [5.74, 6) is -0.414. The van der Waals surface area contributed by atoms with Crippen molar-refractivity contribution in [3.63, 3.8) is 0 Å². The number of fused-ring (bicyclic) bond motifs is 2. The molecule has 0 aliphatic carbocycles. The standard InChI is InChI=1S/C20H21N3O4S/c1-13(20(25)23-9-8-14-4-2-3-5-15(14)12-23)22-28(26,27)17-6-7-18-16(10-17)11-19(24)21-18/h2-7,10,13,22H,8-9,11-12H2,1H3,(H,21,24)/t13-/m1/s1. The molecule has 4 rings (SSSR count). The van der Waals surface area contributed by atoms with Crippen molar-refractivity contribution < 1.29 is 18.0 Å². The van der Waals surface area contributed by atoms with Crippen LogP contribution in [0.5, 0.6) is 0 Å². The highest BCUT2D eigenvalue weighted by Gasteiger charge is 2.29. The molecule has 0 bridgehead atoms. The first-order valence-corrected chi connectivity index (χ1v) is 10.6. The van der Waals surface area contributed by atoms with E-state index in [1.165, 1.54) is 17.7 Å². The summed E-state index contributed by atoms with van der Waals surface area (Å²) in [6.07, 6.45) is 0.910. The van der Waals surface area contributed by atoms with Crippen molar-refractivity contribution in [3.8, 4) is 0 Å². The Bertz CT molecular complexity index is 1060. The van der Waals surface area contributed by atoms with Crippen molar-refractivity contribution in [1.82, 2.24) is 9.62 Å². The summed E-state index contributed by atoms with van der Waals surface area (Å²) in [6, 6.07) is 11.6. The first-order valence-electron chi connectivity index (χ1n) is 9.14. The second kappa shape index (κ2) is 7.03. The van der Waals surface area contributed by atoms with Gasteiger partial charge < -0.3 is 10.2 Å². The highest BCUT2D eigenvalue weighted by atomic mass is 32.2. The monoisotopic (exact) mass is 399 g/mol. The zero-order valence-electron chi connectivity index (χ0n) is 15.4. The van der Waals surface area contributed by atoms with Crippen molar-refractivity contribution in [2.45, 2.75) is 37.2 Å². The first kappa shape index (κ1) is 18.6. The number of carbonyl (C=O) groups is 2. The lowest BCUT2D eigenvalue weighted by Gasteiger charge is -2.31. The third-order valence-corrected chi connectivity index (χ3v) is 6.70. The fraction of sp³-hybridized carbons (Fsp3) is 0.300. The summed E-state index contributed by atoms with van der Waals surface area (Å²) in [7, 11) is -3.88. The van der Waals surface area contributed by atoms with Gasteiger partial charge in [-0.2, -0.15) is 4.72 Å². The van der Waals surface area contributed by atoms with Crippen LogP contribution in [0, 0.1) is 0 Å². The third-order valence-electron chi connectivity index (χ3n) is 5.16. The van der Waals surface area contributed by atoms with E-state index in [0.717, 1.165) is 12.0 Å². The number of rotatable bonds is 4. The van der Waals surface area contributed by atoms with Gasteiger partial charge in [0, 0.05) is 18.8 Å². The molecule has 2 heterocycles. The van der Waals surface area contributed by atoms with Crippen LogP contribution in [0.4, 0.5) is 5.69 Å². The molecule has 2 amide bonds. The molecular formula is C20H21N3O4S. The molecule has 146 valence electrons. The molecule has 2 aliphatic rings. The van der Waals surface area contributed by atoms with E-state index in [2.05, 4.69) is 16.1 Å². The van der Waals surface area contributed by atoms with Crippen LogP contribution in [0.25, 0.3) is 0 Å². The lowest BCUT2D eigenvalue weighted by atomic mass is 9.99. The Morgan fingerprint density at radius 3 is 2.68 bits per heavy atom. The molecule has 0 spiro atoms.